The molecule has 0 spiro atoms. The molecule has 116 valence electrons. The Hall–Kier alpha value is -2.40. The second-order valence-corrected chi connectivity index (χ2v) is 3.80. The minimum atomic E-state index is -2.93. The number of aldehydes is 1. The van der Waals surface area contributed by atoms with Gasteiger partial charge in [0, 0.05) is 9.82 Å². The molecule has 0 saturated carbocycles. The van der Waals surface area contributed by atoms with Gasteiger partial charge in [-0.1, -0.05) is 10.2 Å². The molecule has 0 bridgehead atoms. The van der Waals surface area contributed by atoms with E-state index in [2.05, 4.69) is 20.1 Å². The quantitative estimate of drug-likeness (QED) is 0.103. The topological polar surface area (TPSA) is 225 Å². The van der Waals surface area contributed by atoms with Crippen LogP contribution in [0.4, 0.5) is 0 Å². The van der Waals surface area contributed by atoms with Crippen LogP contribution in [0.25, 0.3) is 20.9 Å². The van der Waals surface area contributed by atoms with Crippen LogP contribution < -0.4 is 5.32 Å². The lowest BCUT2D eigenvalue weighted by Gasteiger charge is -2.32. The second-order valence-electron chi connectivity index (χ2n) is 3.80. The highest BCUT2D eigenvalue weighted by Gasteiger charge is 2.43. The van der Waals surface area contributed by atoms with Crippen molar-refractivity contribution in [3.05, 3.63) is 20.9 Å². The van der Waals surface area contributed by atoms with Gasteiger partial charge in [-0.05, 0) is 11.1 Å². The molecule has 0 aromatic carbocycles. The van der Waals surface area contributed by atoms with E-state index >= 15 is 0 Å². The first-order valence-electron chi connectivity index (χ1n) is 5.38. The highest BCUT2D eigenvalue weighted by atomic mass is 16.4. The van der Waals surface area contributed by atoms with Crippen LogP contribution in [0, 0.1) is 0 Å². The molecule has 0 saturated heterocycles. The highest BCUT2D eigenvalue weighted by Crippen LogP contribution is 2.12. The minimum Gasteiger partial charge on any atom is -0.390 e. The van der Waals surface area contributed by atoms with Crippen molar-refractivity contribution in [3.8, 4) is 0 Å². The first kappa shape index (κ1) is 18.6. The van der Waals surface area contributed by atoms with Crippen molar-refractivity contribution in [2.24, 2.45) is 10.2 Å². The summed E-state index contributed by atoms with van der Waals surface area (Å²) in [4.78, 5) is 26.6. The van der Waals surface area contributed by atoms with Crippen LogP contribution >= 0.6 is 0 Å². The summed E-state index contributed by atoms with van der Waals surface area (Å²) in [6.07, 6.45) is -6.51. The van der Waals surface area contributed by atoms with Crippen LogP contribution in [-0.2, 0) is 9.59 Å². The SMILES string of the molecule is [N-]=[N+]=NCC(=O)N[C@](O)(C=O)[C@@H](O)[C@H](O)[C@H](O)CN=[N+]=[N-]. The molecule has 0 heterocycles. The van der Waals surface area contributed by atoms with Gasteiger partial charge in [-0.2, -0.15) is 0 Å². The Morgan fingerprint density at radius 3 is 2.33 bits per heavy atom. The molecule has 0 aromatic rings. The molecule has 0 fully saturated rings. The first-order chi connectivity index (χ1) is 9.82. The van der Waals surface area contributed by atoms with Crippen molar-refractivity contribution in [1.82, 2.24) is 5.32 Å². The molecule has 5 N–H and O–H groups in total. The van der Waals surface area contributed by atoms with Crippen molar-refractivity contribution < 1.29 is 30.0 Å². The Kier molecular flexibility index (Phi) is 7.71. The predicted molar refractivity (Wildman–Crippen MR) is 65.2 cm³/mol. The molecule has 1 amide bonds. The molecular formula is C8H13N7O6. The second kappa shape index (κ2) is 8.71. The Morgan fingerprint density at radius 2 is 1.86 bits per heavy atom. The molecule has 0 radical (unpaired) electrons. The Bertz CT molecular complexity index is 474. The number of nitrogens with zero attached hydrogens (tertiary/aromatic N) is 6. The number of aliphatic hydroxyl groups excluding tert-OH is 3. The van der Waals surface area contributed by atoms with Crippen LogP contribution in [0.5, 0.6) is 0 Å². The zero-order valence-corrected chi connectivity index (χ0v) is 10.5. The van der Waals surface area contributed by atoms with Crippen molar-refractivity contribution in [3.63, 3.8) is 0 Å². The van der Waals surface area contributed by atoms with Gasteiger partial charge in [0.25, 0.3) is 0 Å². The summed E-state index contributed by atoms with van der Waals surface area (Å²) in [5.74, 6) is -1.11. The summed E-state index contributed by atoms with van der Waals surface area (Å²) in [7, 11) is 0. The van der Waals surface area contributed by atoms with Gasteiger partial charge >= 0.3 is 0 Å². The molecule has 0 unspecified atom stereocenters. The number of hydrogen-bond donors (Lipinski definition) is 5. The average Bonchev–Trinajstić information content (AvgIpc) is 2.48. The van der Waals surface area contributed by atoms with E-state index in [-0.39, 0.29) is 6.29 Å². The summed E-state index contributed by atoms with van der Waals surface area (Å²) in [5, 5.41) is 45.7. The van der Waals surface area contributed by atoms with E-state index in [1.54, 1.807) is 5.32 Å². The summed E-state index contributed by atoms with van der Waals surface area (Å²) >= 11 is 0. The predicted octanol–water partition coefficient (Wildman–Crippen LogP) is -2.31. The number of amides is 1. The zero-order chi connectivity index (χ0) is 16.5. The monoisotopic (exact) mass is 303 g/mol. The normalized spacial score (nSPS) is 17.1. The van der Waals surface area contributed by atoms with Gasteiger partial charge in [-0.25, -0.2) is 0 Å². The third kappa shape index (κ3) is 5.62. The van der Waals surface area contributed by atoms with Crippen LogP contribution in [0.1, 0.15) is 0 Å². The number of carbonyl (C=O) groups is 2. The van der Waals surface area contributed by atoms with Gasteiger partial charge in [0.1, 0.15) is 18.8 Å². The summed E-state index contributed by atoms with van der Waals surface area (Å²) < 4.78 is 0. The Labute approximate surface area is 117 Å². The Balaban J connectivity index is 4.95. The third-order valence-corrected chi connectivity index (χ3v) is 2.30. The molecule has 21 heavy (non-hydrogen) atoms. The van der Waals surface area contributed by atoms with E-state index in [1.165, 1.54) is 0 Å². The first-order valence-corrected chi connectivity index (χ1v) is 5.38. The number of azide groups is 2. The van der Waals surface area contributed by atoms with Crippen LogP contribution in [0.3, 0.4) is 0 Å². The Morgan fingerprint density at radius 1 is 1.29 bits per heavy atom. The summed E-state index contributed by atoms with van der Waals surface area (Å²) in [6, 6.07) is 0. The van der Waals surface area contributed by atoms with Crippen molar-refractivity contribution in [1.29, 1.82) is 0 Å². The van der Waals surface area contributed by atoms with Crippen molar-refractivity contribution in [2.75, 3.05) is 13.1 Å². The van der Waals surface area contributed by atoms with E-state index < -0.39 is 43.0 Å². The minimum absolute atomic E-state index is 0.283. The van der Waals surface area contributed by atoms with Crippen LogP contribution in [0.2, 0.25) is 0 Å². The molecular weight excluding hydrogens is 290 g/mol. The lowest BCUT2D eigenvalue weighted by molar-refractivity contribution is -0.173. The molecule has 4 atom stereocenters. The molecule has 0 rings (SSSR count). The van der Waals surface area contributed by atoms with E-state index in [9.17, 15) is 30.0 Å². The number of rotatable bonds is 9. The molecule has 0 aliphatic rings. The lowest BCUT2D eigenvalue weighted by atomic mass is 9.98. The van der Waals surface area contributed by atoms with Gasteiger partial charge in [0.05, 0.1) is 12.6 Å². The van der Waals surface area contributed by atoms with E-state index in [4.69, 9.17) is 11.1 Å². The molecule has 0 aromatic heterocycles. The largest absolute Gasteiger partial charge is 0.390 e. The van der Waals surface area contributed by atoms with E-state index in [0.29, 0.717) is 0 Å². The maximum absolute atomic E-state index is 11.2. The van der Waals surface area contributed by atoms with Crippen molar-refractivity contribution in [2.45, 2.75) is 24.0 Å². The molecule has 13 heteroatoms. The fraction of sp³-hybridized carbons (Fsp3) is 0.750. The summed E-state index contributed by atoms with van der Waals surface area (Å²) in [5.41, 5.74) is 13.1. The number of hydrogen-bond acceptors (Lipinski definition) is 8. The number of aliphatic hydroxyl groups is 4. The maximum atomic E-state index is 11.2. The zero-order valence-electron chi connectivity index (χ0n) is 10.5. The van der Waals surface area contributed by atoms with Crippen LogP contribution in [0.15, 0.2) is 10.2 Å². The fourth-order valence-corrected chi connectivity index (χ4v) is 1.23. The molecule has 0 aliphatic carbocycles. The van der Waals surface area contributed by atoms with Gasteiger partial charge in [-0.15, -0.1) is 0 Å². The smallest absolute Gasteiger partial charge is 0.228 e. The van der Waals surface area contributed by atoms with E-state index in [1.807, 2.05) is 0 Å². The van der Waals surface area contributed by atoms with E-state index in [0.717, 1.165) is 0 Å². The lowest BCUT2D eigenvalue weighted by Crippen LogP contribution is -2.64. The highest BCUT2D eigenvalue weighted by molar-refractivity contribution is 5.82. The molecule has 0 aliphatic heterocycles. The van der Waals surface area contributed by atoms with Gasteiger partial charge < -0.3 is 25.7 Å². The summed E-state index contributed by atoms with van der Waals surface area (Å²) in [6.45, 7) is -1.41. The van der Waals surface area contributed by atoms with Crippen molar-refractivity contribution >= 4 is 12.2 Å². The fourth-order valence-electron chi connectivity index (χ4n) is 1.23. The van der Waals surface area contributed by atoms with Gasteiger partial charge in [0.15, 0.2) is 6.29 Å². The number of carbonyl (C=O) groups excluding carboxylic acids is 2. The van der Waals surface area contributed by atoms with Gasteiger partial charge in [-0.3, -0.25) is 9.59 Å². The maximum Gasteiger partial charge on any atom is 0.228 e. The van der Waals surface area contributed by atoms with Crippen LogP contribution in [-0.4, -0.2) is 69.7 Å². The number of nitrogens with one attached hydrogen (secondary N) is 1. The third-order valence-electron chi connectivity index (χ3n) is 2.30. The average molecular weight is 303 g/mol. The van der Waals surface area contributed by atoms with Gasteiger partial charge in [0.2, 0.25) is 11.6 Å². The standard InChI is InChI=1S/C8H13N7O6/c9-14-11-1-4(17)6(19)7(20)8(21,3-16)13-5(18)2-12-15-10/h3-4,6-7,17,19-21H,1-2H2,(H,13,18)/t4-,6-,7+,8+/m1/s1. The molecule has 13 nitrogen and oxygen atoms in total.